The van der Waals surface area contributed by atoms with Crippen LogP contribution in [0.2, 0.25) is 0 Å². The van der Waals surface area contributed by atoms with E-state index < -0.39 is 12.0 Å². The molecule has 5 heteroatoms. The van der Waals surface area contributed by atoms with Crippen molar-refractivity contribution in [3.8, 4) is 11.5 Å². The van der Waals surface area contributed by atoms with E-state index in [9.17, 15) is 4.79 Å². The molecule has 0 aliphatic rings. The molecule has 0 aliphatic carbocycles. The quantitative estimate of drug-likeness (QED) is 0.747. The average Bonchev–Trinajstić information content (AvgIpc) is 2.42. The average molecular weight is 266 g/mol. The van der Waals surface area contributed by atoms with E-state index in [1.54, 1.807) is 13.2 Å². The van der Waals surface area contributed by atoms with Crippen molar-refractivity contribution in [1.29, 1.82) is 0 Å². The van der Waals surface area contributed by atoms with Gasteiger partial charge in [-0.15, -0.1) is 0 Å². The van der Waals surface area contributed by atoms with E-state index in [1.807, 2.05) is 26.0 Å². The third-order valence-electron chi connectivity index (χ3n) is 2.79. The Bertz CT molecular complexity index is 421. The molecule has 0 fully saturated rings. The second-order valence-corrected chi connectivity index (χ2v) is 4.15. The Morgan fingerprint density at radius 2 is 2.16 bits per heavy atom. The van der Waals surface area contributed by atoms with Crippen LogP contribution < -0.4 is 20.5 Å². The van der Waals surface area contributed by atoms with Gasteiger partial charge < -0.3 is 20.5 Å². The molecule has 0 heterocycles. The number of nitrogens with one attached hydrogen (secondary N) is 1. The van der Waals surface area contributed by atoms with Crippen LogP contribution in [0.15, 0.2) is 18.2 Å². The smallest absolute Gasteiger partial charge is 0.258 e. The van der Waals surface area contributed by atoms with E-state index in [-0.39, 0.29) is 0 Å². The Morgan fingerprint density at radius 3 is 2.68 bits per heavy atom. The molecule has 1 atom stereocenters. The number of ether oxygens (including phenoxy) is 2. The number of rotatable bonds is 8. The van der Waals surface area contributed by atoms with Crippen molar-refractivity contribution in [3.05, 3.63) is 23.8 Å². The minimum atomic E-state index is -0.642. The highest BCUT2D eigenvalue weighted by atomic mass is 16.5. The van der Waals surface area contributed by atoms with Crippen LogP contribution in [0.25, 0.3) is 0 Å². The van der Waals surface area contributed by atoms with Crippen LogP contribution in [0, 0.1) is 0 Å². The van der Waals surface area contributed by atoms with Crippen molar-refractivity contribution in [2.24, 2.45) is 5.73 Å². The van der Waals surface area contributed by atoms with Gasteiger partial charge in [-0.05, 0) is 19.0 Å². The predicted molar refractivity (Wildman–Crippen MR) is 74.3 cm³/mol. The first-order valence-corrected chi connectivity index (χ1v) is 6.46. The van der Waals surface area contributed by atoms with E-state index >= 15 is 0 Å². The second kappa shape index (κ2) is 7.63. The van der Waals surface area contributed by atoms with Crippen molar-refractivity contribution >= 4 is 5.91 Å². The van der Waals surface area contributed by atoms with Crippen molar-refractivity contribution < 1.29 is 14.3 Å². The number of primary amides is 1. The number of hydrogen-bond donors (Lipinski definition) is 2. The second-order valence-electron chi connectivity index (χ2n) is 4.15. The summed E-state index contributed by atoms with van der Waals surface area (Å²) >= 11 is 0. The van der Waals surface area contributed by atoms with E-state index in [0.717, 1.165) is 12.1 Å². The SMILES string of the molecule is CCNCc1cccc(OC)c1OC(CC)C(N)=O. The van der Waals surface area contributed by atoms with Gasteiger partial charge in [-0.2, -0.15) is 0 Å². The molecule has 0 saturated carbocycles. The van der Waals surface area contributed by atoms with Crippen molar-refractivity contribution in [2.45, 2.75) is 32.9 Å². The molecule has 0 spiro atoms. The lowest BCUT2D eigenvalue weighted by molar-refractivity contribution is -0.124. The molecule has 3 N–H and O–H groups in total. The highest BCUT2D eigenvalue weighted by molar-refractivity contribution is 5.79. The minimum absolute atomic E-state index is 0.470. The third-order valence-corrected chi connectivity index (χ3v) is 2.79. The largest absolute Gasteiger partial charge is 0.493 e. The van der Waals surface area contributed by atoms with Crippen LogP contribution in [-0.2, 0) is 11.3 Å². The zero-order chi connectivity index (χ0) is 14.3. The maximum Gasteiger partial charge on any atom is 0.258 e. The third kappa shape index (κ3) is 4.13. The lowest BCUT2D eigenvalue weighted by Gasteiger charge is -2.19. The van der Waals surface area contributed by atoms with Gasteiger partial charge in [-0.1, -0.05) is 26.0 Å². The fourth-order valence-electron chi connectivity index (χ4n) is 1.74. The number of benzene rings is 1. The first-order chi connectivity index (χ1) is 9.13. The van der Waals surface area contributed by atoms with Crippen LogP contribution in [-0.4, -0.2) is 25.7 Å². The molecule has 0 bridgehead atoms. The monoisotopic (exact) mass is 266 g/mol. The van der Waals surface area contributed by atoms with E-state index in [4.69, 9.17) is 15.2 Å². The van der Waals surface area contributed by atoms with Gasteiger partial charge in [0.1, 0.15) is 0 Å². The van der Waals surface area contributed by atoms with E-state index in [2.05, 4.69) is 5.32 Å². The van der Waals surface area contributed by atoms with Gasteiger partial charge in [0.05, 0.1) is 7.11 Å². The molecular weight excluding hydrogens is 244 g/mol. The Morgan fingerprint density at radius 1 is 1.42 bits per heavy atom. The molecule has 1 unspecified atom stereocenters. The van der Waals surface area contributed by atoms with Gasteiger partial charge in [0.15, 0.2) is 17.6 Å². The van der Waals surface area contributed by atoms with Gasteiger partial charge in [0.25, 0.3) is 5.91 Å². The van der Waals surface area contributed by atoms with Crippen LogP contribution in [0.5, 0.6) is 11.5 Å². The molecular formula is C14H22N2O3. The Kier molecular flexibility index (Phi) is 6.15. The van der Waals surface area contributed by atoms with Crippen molar-refractivity contribution in [2.75, 3.05) is 13.7 Å². The first-order valence-electron chi connectivity index (χ1n) is 6.46. The van der Waals surface area contributed by atoms with Crippen LogP contribution in [0.4, 0.5) is 0 Å². The summed E-state index contributed by atoms with van der Waals surface area (Å²) in [6, 6.07) is 5.64. The number of methoxy groups -OCH3 is 1. The summed E-state index contributed by atoms with van der Waals surface area (Å²) in [6.07, 6.45) is -0.120. The standard InChI is InChI=1S/C14H22N2O3/c1-4-11(14(15)17)19-13-10(9-16-5-2)7-6-8-12(13)18-3/h6-8,11,16H,4-5,9H2,1-3H3,(H2,15,17). The zero-order valence-electron chi connectivity index (χ0n) is 11.7. The molecule has 1 aromatic carbocycles. The summed E-state index contributed by atoms with van der Waals surface area (Å²) < 4.78 is 11.0. The molecule has 1 amide bonds. The van der Waals surface area contributed by atoms with E-state index in [0.29, 0.717) is 24.5 Å². The normalized spacial score (nSPS) is 11.9. The highest BCUT2D eigenvalue weighted by Gasteiger charge is 2.19. The number of nitrogens with two attached hydrogens (primary N) is 1. The molecule has 106 valence electrons. The molecule has 5 nitrogen and oxygen atoms in total. The number of carbonyl (C=O) groups excluding carboxylic acids is 1. The maximum absolute atomic E-state index is 11.3. The van der Waals surface area contributed by atoms with Gasteiger partial charge >= 0.3 is 0 Å². The molecule has 0 radical (unpaired) electrons. The summed E-state index contributed by atoms with van der Waals surface area (Å²) in [7, 11) is 1.57. The fourth-order valence-corrected chi connectivity index (χ4v) is 1.74. The van der Waals surface area contributed by atoms with Gasteiger partial charge in [0.2, 0.25) is 0 Å². The van der Waals surface area contributed by atoms with Crippen LogP contribution in [0.1, 0.15) is 25.8 Å². The summed E-state index contributed by atoms with van der Waals surface area (Å²) in [4.78, 5) is 11.3. The Balaban J connectivity index is 3.02. The minimum Gasteiger partial charge on any atom is -0.493 e. The number of carbonyl (C=O) groups is 1. The van der Waals surface area contributed by atoms with Crippen LogP contribution in [0.3, 0.4) is 0 Å². The molecule has 1 aromatic rings. The maximum atomic E-state index is 11.3. The molecule has 19 heavy (non-hydrogen) atoms. The summed E-state index contributed by atoms with van der Waals surface area (Å²) in [6.45, 7) is 5.38. The number of hydrogen-bond acceptors (Lipinski definition) is 4. The first kappa shape index (κ1) is 15.3. The molecule has 0 saturated heterocycles. The lowest BCUT2D eigenvalue weighted by Crippen LogP contribution is -2.33. The van der Waals surface area contributed by atoms with Gasteiger partial charge in [-0.3, -0.25) is 4.79 Å². The highest BCUT2D eigenvalue weighted by Crippen LogP contribution is 2.32. The Labute approximate surface area is 114 Å². The van der Waals surface area contributed by atoms with Gasteiger partial charge in [-0.25, -0.2) is 0 Å². The summed E-state index contributed by atoms with van der Waals surface area (Å²) in [5.41, 5.74) is 6.26. The zero-order valence-corrected chi connectivity index (χ0v) is 11.7. The Hall–Kier alpha value is -1.75. The molecule has 0 aromatic heterocycles. The molecule has 1 rings (SSSR count). The topological polar surface area (TPSA) is 73.6 Å². The summed E-state index contributed by atoms with van der Waals surface area (Å²) in [5.74, 6) is 0.717. The van der Waals surface area contributed by atoms with E-state index in [1.165, 1.54) is 0 Å². The van der Waals surface area contributed by atoms with Crippen LogP contribution >= 0.6 is 0 Å². The van der Waals surface area contributed by atoms with Crippen molar-refractivity contribution in [1.82, 2.24) is 5.32 Å². The van der Waals surface area contributed by atoms with Crippen molar-refractivity contribution in [3.63, 3.8) is 0 Å². The summed E-state index contributed by atoms with van der Waals surface area (Å²) in [5, 5.41) is 3.23. The fraction of sp³-hybridized carbons (Fsp3) is 0.500. The molecule has 0 aliphatic heterocycles. The predicted octanol–water partition coefficient (Wildman–Crippen LogP) is 1.45. The lowest BCUT2D eigenvalue weighted by atomic mass is 10.1. The number of para-hydroxylation sites is 1. The number of amides is 1. The van der Waals surface area contributed by atoms with Gasteiger partial charge in [0, 0.05) is 12.1 Å².